The largest absolute Gasteiger partial charge is 0.352 e. The van der Waals surface area contributed by atoms with E-state index in [9.17, 15) is 0 Å². The second kappa shape index (κ2) is 6.98. The summed E-state index contributed by atoms with van der Waals surface area (Å²) in [4.78, 5) is 10.7. The van der Waals surface area contributed by atoms with Crippen molar-refractivity contribution in [3.8, 4) is 0 Å². The van der Waals surface area contributed by atoms with E-state index >= 15 is 0 Å². The molecule has 1 aliphatic heterocycles. The number of rotatable bonds is 4. The lowest BCUT2D eigenvalue weighted by molar-refractivity contribution is 0.483. The number of benzene rings is 2. The van der Waals surface area contributed by atoms with Crippen molar-refractivity contribution in [2.75, 3.05) is 18.0 Å². The molecule has 1 aliphatic rings. The van der Waals surface area contributed by atoms with Crippen LogP contribution in [0.3, 0.4) is 0 Å². The van der Waals surface area contributed by atoms with Crippen LogP contribution >= 0.6 is 11.6 Å². The maximum absolute atomic E-state index is 6.18. The van der Waals surface area contributed by atoms with Crippen LogP contribution in [0.15, 0.2) is 54.9 Å². The molecule has 0 spiro atoms. The van der Waals surface area contributed by atoms with Gasteiger partial charge >= 0.3 is 0 Å². The van der Waals surface area contributed by atoms with Crippen LogP contribution in [-0.2, 0) is 0 Å². The molecule has 1 unspecified atom stereocenters. The van der Waals surface area contributed by atoms with E-state index in [1.807, 2.05) is 0 Å². The number of halogens is 1. The van der Waals surface area contributed by atoms with Gasteiger partial charge in [-0.25, -0.2) is 9.97 Å². The molecule has 2 aromatic carbocycles. The minimum atomic E-state index is 0.286. The molecule has 5 heteroatoms. The molecular weight excluding hydrogens is 332 g/mol. The van der Waals surface area contributed by atoms with Gasteiger partial charge in [0.05, 0.1) is 0 Å². The van der Waals surface area contributed by atoms with E-state index in [-0.39, 0.29) is 6.04 Å². The van der Waals surface area contributed by atoms with E-state index in [1.165, 1.54) is 16.3 Å². The monoisotopic (exact) mass is 352 g/mol. The summed E-state index contributed by atoms with van der Waals surface area (Å²) < 4.78 is 0. The van der Waals surface area contributed by atoms with Crippen molar-refractivity contribution in [2.24, 2.45) is 0 Å². The Morgan fingerprint density at radius 1 is 1.12 bits per heavy atom. The first-order chi connectivity index (χ1) is 12.2. The second-order valence-electron chi connectivity index (χ2n) is 6.56. The Balaban J connectivity index is 1.48. The zero-order chi connectivity index (χ0) is 17.2. The first-order valence-electron chi connectivity index (χ1n) is 8.67. The van der Waals surface area contributed by atoms with Crippen LogP contribution < -0.4 is 10.2 Å². The van der Waals surface area contributed by atoms with Crippen LogP contribution in [0.2, 0.25) is 5.15 Å². The molecule has 128 valence electrons. The van der Waals surface area contributed by atoms with Crippen molar-refractivity contribution < 1.29 is 0 Å². The lowest BCUT2D eigenvalue weighted by Gasteiger charge is -2.22. The van der Waals surface area contributed by atoms with Gasteiger partial charge in [0.25, 0.3) is 0 Å². The molecule has 1 saturated heterocycles. The standard InChI is InChI=1S/C20H21ClN4/c1-14(17-8-4-6-15-5-2-3-7-18(15)17)24-16-9-12-25(13-16)20-19(21)22-10-11-23-20/h2-8,10-11,14,16,24H,9,12-13H2,1H3/t14-,16?/m1/s1. The predicted molar refractivity (Wildman–Crippen MR) is 103 cm³/mol. The third-order valence-corrected chi connectivity index (χ3v) is 5.17. The molecule has 2 atom stereocenters. The summed E-state index contributed by atoms with van der Waals surface area (Å²) >= 11 is 6.18. The SMILES string of the molecule is C[C@@H](NC1CCN(c2nccnc2Cl)C1)c1cccc2ccccc12. The van der Waals surface area contributed by atoms with E-state index in [4.69, 9.17) is 11.6 Å². The average Bonchev–Trinajstić information content (AvgIpc) is 3.09. The molecule has 1 fully saturated rings. The predicted octanol–water partition coefficient (Wildman–Crippen LogP) is 4.21. The van der Waals surface area contributed by atoms with Gasteiger partial charge < -0.3 is 10.2 Å². The lowest BCUT2D eigenvalue weighted by Crippen LogP contribution is -2.34. The fourth-order valence-corrected chi connectivity index (χ4v) is 3.91. The van der Waals surface area contributed by atoms with Crippen molar-refractivity contribution in [1.29, 1.82) is 0 Å². The van der Waals surface area contributed by atoms with E-state index in [2.05, 4.69) is 69.6 Å². The van der Waals surface area contributed by atoms with Gasteiger partial charge in [0.2, 0.25) is 0 Å². The fraction of sp³-hybridized carbons (Fsp3) is 0.300. The molecule has 0 amide bonds. The Morgan fingerprint density at radius 2 is 1.92 bits per heavy atom. The van der Waals surface area contributed by atoms with Crippen molar-refractivity contribution in [3.05, 3.63) is 65.6 Å². The minimum absolute atomic E-state index is 0.286. The normalized spacial score (nSPS) is 18.6. The third kappa shape index (κ3) is 3.32. The van der Waals surface area contributed by atoms with Crippen LogP contribution in [0.4, 0.5) is 5.82 Å². The summed E-state index contributed by atoms with van der Waals surface area (Å²) in [6.45, 7) is 4.07. The molecule has 0 aliphatic carbocycles. The number of fused-ring (bicyclic) bond motifs is 1. The molecule has 2 heterocycles. The molecule has 4 nitrogen and oxygen atoms in total. The van der Waals surface area contributed by atoms with Crippen molar-refractivity contribution in [3.63, 3.8) is 0 Å². The van der Waals surface area contributed by atoms with Gasteiger partial charge in [0.15, 0.2) is 11.0 Å². The quantitative estimate of drug-likeness (QED) is 0.763. The summed E-state index contributed by atoms with van der Waals surface area (Å²) in [5.74, 6) is 0.784. The van der Waals surface area contributed by atoms with Crippen molar-refractivity contribution >= 4 is 28.2 Å². The number of aromatic nitrogens is 2. The number of nitrogens with zero attached hydrogens (tertiary/aromatic N) is 3. The number of hydrogen-bond donors (Lipinski definition) is 1. The van der Waals surface area contributed by atoms with Crippen molar-refractivity contribution in [2.45, 2.75) is 25.4 Å². The second-order valence-corrected chi connectivity index (χ2v) is 6.92. The summed E-state index contributed by atoms with van der Waals surface area (Å²) in [5, 5.41) is 6.85. The first-order valence-corrected chi connectivity index (χ1v) is 9.05. The Labute approximate surface area is 152 Å². The Hall–Kier alpha value is -2.17. The molecular formula is C20H21ClN4. The Bertz CT molecular complexity index is 877. The van der Waals surface area contributed by atoms with E-state index in [1.54, 1.807) is 12.4 Å². The van der Waals surface area contributed by atoms with Gasteiger partial charge in [-0.2, -0.15) is 0 Å². The molecule has 0 radical (unpaired) electrons. The highest BCUT2D eigenvalue weighted by Gasteiger charge is 2.26. The fourth-order valence-electron chi connectivity index (χ4n) is 3.69. The number of nitrogens with one attached hydrogen (secondary N) is 1. The van der Waals surface area contributed by atoms with Crippen LogP contribution in [0.1, 0.15) is 24.9 Å². The van der Waals surface area contributed by atoms with Gasteiger partial charge in [-0.1, -0.05) is 54.1 Å². The third-order valence-electron chi connectivity index (χ3n) is 4.90. The molecule has 0 bridgehead atoms. The Kier molecular flexibility index (Phi) is 4.55. The summed E-state index contributed by atoms with van der Waals surface area (Å²) in [5.41, 5.74) is 1.34. The maximum Gasteiger partial charge on any atom is 0.171 e. The van der Waals surface area contributed by atoms with E-state index in [0.717, 1.165) is 25.3 Å². The summed E-state index contributed by atoms with van der Waals surface area (Å²) in [6, 6.07) is 15.8. The van der Waals surface area contributed by atoms with Gasteiger partial charge in [0.1, 0.15) is 0 Å². The van der Waals surface area contributed by atoms with Crippen molar-refractivity contribution in [1.82, 2.24) is 15.3 Å². The van der Waals surface area contributed by atoms with E-state index in [0.29, 0.717) is 11.2 Å². The molecule has 3 aromatic rings. The first kappa shape index (κ1) is 16.3. The minimum Gasteiger partial charge on any atom is -0.352 e. The molecule has 4 rings (SSSR count). The van der Waals surface area contributed by atoms with Gasteiger partial charge in [-0.3, -0.25) is 0 Å². The summed E-state index contributed by atoms with van der Waals surface area (Å²) in [6.07, 6.45) is 4.39. The molecule has 1 N–H and O–H groups in total. The Morgan fingerprint density at radius 3 is 2.80 bits per heavy atom. The van der Waals surface area contributed by atoms with Gasteiger partial charge in [-0.05, 0) is 29.7 Å². The smallest absolute Gasteiger partial charge is 0.171 e. The maximum atomic E-state index is 6.18. The highest BCUT2D eigenvalue weighted by atomic mass is 35.5. The number of anilines is 1. The highest BCUT2D eigenvalue weighted by Crippen LogP contribution is 2.27. The molecule has 25 heavy (non-hydrogen) atoms. The van der Waals surface area contributed by atoms with Crippen LogP contribution in [0, 0.1) is 0 Å². The van der Waals surface area contributed by atoms with Crippen LogP contribution in [0.25, 0.3) is 10.8 Å². The number of hydrogen-bond acceptors (Lipinski definition) is 4. The molecule has 1 aromatic heterocycles. The van der Waals surface area contributed by atoms with Crippen LogP contribution in [-0.4, -0.2) is 29.1 Å². The van der Waals surface area contributed by atoms with Gasteiger partial charge in [0, 0.05) is 37.6 Å². The summed E-state index contributed by atoms with van der Waals surface area (Å²) in [7, 11) is 0. The van der Waals surface area contributed by atoms with Gasteiger partial charge in [-0.15, -0.1) is 0 Å². The molecule has 0 saturated carbocycles. The average molecular weight is 353 g/mol. The zero-order valence-corrected chi connectivity index (χ0v) is 14.9. The topological polar surface area (TPSA) is 41.0 Å². The van der Waals surface area contributed by atoms with Crippen LogP contribution in [0.5, 0.6) is 0 Å². The highest BCUT2D eigenvalue weighted by molar-refractivity contribution is 6.31. The zero-order valence-electron chi connectivity index (χ0n) is 14.2. The van der Waals surface area contributed by atoms with E-state index < -0.39 is 0 Å². The lowest BCUT2D eigenvalue weighted by atomic mass is 9.99.